The van der Waals surface area contributed by atoms with Crippen LogP contribution < -0.4 is 16.4 Å². The second kappa shape index (κ2) is 17.2. The normalized spacial score (nSPS) is 13.9. The maximum Gasteiger partial charge on any atom is 0.253 e. The molecule has 0 unspecified atom stereocenters. The van der Waals surface area contributed by atoms with Crippen molar-refractivity contribution >= 4 is 23.6 Å². The summed E-state index contributed by atoms with van der Waals surface area (Å²) in [5.74, 6) is -2.20. The SMILES string of the molecule is CCCN(CCC)C(=O)c1cc(C(N)=O)cc(C(=O)N[C@@H](Cc2ccccc2)[C@@H](O)[C@H](O)[C@@H](CCOC)NC(C)=O)c1. The van der Waals surface area contributed by atoms with E-state index < -0.39 is 42.0 Å². The van der Waals surface area contributed by atoms with Gasteiger partial charge in [0.25, 0.3) is 11.8 Å². The van der Waals surface area contributed by atoms with E-state index >= 15 is 0 Å². The fraction of sp³-hybridized carbons (Fsp3) is 0.484. The molecule has 0 radical (unpaired) electrons. The van der Waals surface area contributed by atoms with E-state index in [-0.39, 0.29) is 42.0 Å². The number of nitrogens with two attached hydrogens (primary N) is 1. The predicted octanol–water partition coefficient (Wildman–Crippen LogP) is 1.65. The molecule has 2 rings (SSSR count). The third-order valence-corrected chi connectivity index (χ3v) is 6.81. The van der Waals surface area contributed by atoms with E-state index in [1.165, 1.54) is 32.2 Å². The highest BCUT2D eigenvalue weighted by Gasteiger charge is 2.34. The van der Waals surface area contributed by atoms with E-state index in [1.807, 2.05) is 44.2 Å². The average Bonchev–Trinajstić information content (AvgIpc) is 2.97. The summed E-state index contributed by atoms with van der Waals surface area (Å²) < 4.78 is 5.09. The Morgan fingerprint density at radius 1 is 0.881 bits per heavy atom. The zero-order chi connectivity index (χ0) is 31.2. The molecular weight excluding hydrogens is 540 g/mol. The maximum atomic E-state index is 13.6. The second-order valence-electron chi connectivity index (χ2n) is 10.3. The van der Waals surface area contributed by atoms with Gasteiger partial charge in [0.15, 0.2) is 0 Å². The van der Waals surface area contributed by atoms with Crippen LogP contribution in [0.1, 0.15) is 76.7 Å². The molecule has 230 valence electrons. The Morgan fingerprint density at radius 3 is 2.00 bits per heavy atom. The van der Waals surface area contributed by atoms with Gasteiger partial charge in [0.1, 0.15) is 12.2 Å². The summed E-state index contributed by atoms with van der Waals surface area (Å²) in [7, 11) is 1.48. The Morgan fingerprint density at radius 2 is 1.45 bits per heavy atom. The number of rotatable bonds is 17. The van der Waals surface area contributed by atoms with Gasteiger partial charge in [0.2, 0.25) is 11.8 Å². The van der Waals surface area contributed by atoms with Crippen molar-refractivity contribution in [2.45, 2.75) is 70.7 Å². The lowest BCUT2D eigenvalue weighted by Gasteiger charge is -2.33. The third-order valence-electron chi connectivity index (χ3n) is 6.81. The Kier molecular flexibility index (Phi) is 14.1. The monoisotopic (exact) mass is 584 g/mol. The highest BCUT2D eigenvalue weighted by Crippen LogP contribution is 2.17. The summed E-state index contributed by atoms with van der Waals surface area (Å²) >= 11 is 0. The van der Waals surface area contributed by atoms with Crippen molar-refractivity contribution in [3.8, 4) is 0 Å². The smallest absolute Gasteiger partial charge is 0.253 e. The zero-order valence-electron chi connectivity index (χ0n) is 24.8. The molecule has 0 aliphatic rings. The van der Waals surface area contributed by atoms with Crippen LogP contribution >= 0.6 is 0 Å². The summed E-state index contributed by atoms with van der Waals surface area (Å²) in [5.41, 5.74) is 6.45. The van der Waals surface area contributed by atoms with Crippen LogP contribution in [0.25, 0.3) is 0 Å². The second-order valence-corrected chi connectivity index (χ2v) is 10.3. The lowest BCUT2D eigenvalue weighted by atomic mass is 9.92. The van der Waals surface area contributed by atoms with Crippen LogP contribution in [0.2, 0.25) is 0 Å². The van der Waals surface area contributed by atoms with E-state index in [0.717, 1.165) is 18.4 Å². The first kappa shape index (κ1) is 34.4. The van der Waals surface area contributed by atoms with E-state index in [4.69, 9.17) is 10.5 Å². The molecule has 4 atom stereocenters. The van der Waals surface area contributed by atoms with Crippen molar-refractivity contribution in [2.24, 2.45) is 5.73 Å². The van der Waals surface area contributed by atoms with Crippen LogP contribution in [-0.4, -0.2) is 89.8 Å². The molecule has 0 heterocycles. The number of carbonyl (C=O) groups excluding carboxylic acids is 4. The quantitative estimate of drug-likeness (QED) is 0.188. The largest absolute Gasteiger partial charge is 0.388 e. The standard InChI is InChI=1S/C31H44N4O7/c1-5-13-35(14-6-2)31(41)24-18-22(29(32)39)17-23(19-24)30(40)34-26(16-21-10-8-7-9-11-21)28(38)27(37)25(12-15-42-4)33-20(3)36/h7-11,17-19,25-28,37-38H,5-6,12-16H2,1-4H3,(H2,32,39)(H,33,36)(H,34,40)/t25-,26+,27-,28-/m1/s1. The summed E-state index contributed by atoms with van der Waals surface area (Å²) in [5, 5.41) is 27.8. The van der Waals surface area contributed by atoms with Gasteiger partial charge < -0.3 is 36.2 Å². The number of amides is 4. The number of methoxy groups -OCH3 is 1. The number of primary amides is 1. The molecule has 0 aromatic heterocycles. The molecule has 0 bridgehead atoms. The fourth-order valence-corrected chi connectivity index (χ4v) is 4.75. The fourth-order valence-electron chi connectivity index (χ4n) is 4.75. The van der Waals surface area contributed by atoms with Crippen LogP contribution in [0.5, 0.6) is 0 Å². The highest BCUT2D eigenvalue weighted by molar-refractivity contribution is 6.04. The Labute approximate surface area is 247 Å². The van der Waals surface area contributed by atoms with Gasteiger partial charge in [0, 0.05) is 50.4 Å². The minimum absolute atomic E-state index is 0.000132. The number of hydrogen-bond acceptors (Lipinski definition) is 7. The molecule has 2 aromatic carbocycles. The summed E-state index contributed by atoms with van der Waals surface area (Å²) in [6.45, 7) is 6.44. The third kappa shape index (κ3) is 10.2. The molecule has 11 nitrogen and oxygen atoms in total. The van der Waals surface area contributed by atoms with E-state index in [2.05, 4.69) is 10.6 Å². The topological polar surface area (TPSA) is 171 Å². The van der Waals surface area contributed by atoms with Gasteiger partial charge in [0.05, 0.1) is 12.1 Å². The van der Waals surface area contributed by atoms with Gasteiger partial charge in [-0.2, -0.15) is 0 Å². The van der Waals surface area contributed by atoms with Crippen molar-refractivity contribution < 1.29 is 34.1 Å². The van der Waals surface area contributed by atoms with Crippen molar-refractivity contribution in [3.63, 3.8) is 0 Å². The molecular formula is C31H44N4O7. The molecule has 0 saturated heterocycles. The first-order valence-electron chi connectivity index (χ1n) is 14.2. The number of benzene rings is 2. The van der Waals surface area contributed by atoms with E-state index in [0.29, 0.717) is 13.1 Å². The minimum atomic E-state index is -1.51. The number of nitrogens with one attached hydrogen (secondary N) is 2. The van der Waals surface area contributed by atoms with E-state index in [9.17, 15) is 29.4 Å². The first-order valence-corrected chi connectivity index (χ1v) is 14.2. The molecule has 42 heavy (non-hydrogen) atoms. The average molecular weight is 585 g/mol. The molecule has 0 fully saturated rings. The molecule has 2 aromatic rings. The summed E-state index contributed by atoms with van der Waals surface area (Å²) in [6.07, 6.45) is -1.13. The Balaban J connectivity index is 2.45. The van der Waals surface area contributed by atoms with E-state index in [1.54, 1.807) is 4.90 Å². The number of aliphatic hydroxyl groups excluding tert-OH is 2. The molecule has 0 aliphatic heterocycles. The molecule has 4 amide bonds. The molecule has 11 heteroatoms. The Hall–Kier alpha value is -3.80. The number of carbonyl (C=O) groups is 4. The van der Waals surface area contributed by atoms with Crippen molar-refractivity contribution in [1.82, 2.24) is 15.5 Å². The van der Waals surface area contributed by atoms with Crippen molar-refractivity contribution in [3.05, 3.63) is 70.8 Å². The van der Waals surface area contributed by atoms with Gasteiger partial charge in [-0.1, -0.05) is 44.2 Å². The molecule has 0 spiro atoms. The molecule has 6 N–H and O–H groups in total. The highest BCUT2D eigenvalue weighted by atomic mass is 16.5. The first-order chi connectivity index (χ1) is 20.0. The minimum Gasteiger partial charge on any atom is -0.388 e. The zero-order valence-corrected chi connectivity index (χ0v) is 24.8. The Bertz CT molecular complexity index is 1190. The van der Waals surface area contributed by atoms with Gasteiger partial charge in [-0.05, 0) is 49.4 Å². The van der Waals surface area contributed by atoms with Gasteiger partial charge in [-0.15, -0.1) is 0 Å². The predicted molar refractivity (Wildman–Crippen MR) is 159 cm³/mol. The molecule has 0 saturated carbocycles. The van der Waals surface area contributed by atoms with Crippen LogP contribution in [0, 0.1) is 0 Å². The maximum absolute atomic E-state index is 13.6. The van der Waals surface area contributed by atoms with Gasteiger partial charge >= 0.3 is 0 Å². The summed E-state index contributed by atoms with van der Waals surface area (Å²) in [4.78, 5) is 52.5. The van der Waals surface area contributed by atoms with Gasteiger partial charge in [-0.3, -0.25) is 19.2 Å². The lowest BCUT2D eigenvalue weighted by Crippen LogP contribution is -2.56. The lowest BCUT2D eigenvalue weighted by molar-refractivity contribution is -0.121. The number of aliphatic hydroxyl groups is 2. The number of nitrogens with zero attached hydrogens (tertiary/aromatic N) is 1. The van der Waals surface area contributed by atoms with Crippen LogP contribution in [0.15, 0.2) is 48.5 Å². The van der Waals surface area contributed by atoms with Crippen LogP contribution in [0.3, 0.4) is 0 Å². The van der Waals surface area contributed by atoms with Crippen molar-refractivity contribution in [2.75, 3.05) is 26.8 Å². The molecule has 0 aliphatic carbocycles. The van der Waals surface area contributed by atoms with Crippen molar-refractivity contribution in [1.29, 1.82) is 0 Å². The number of hydrogen-bond donors (Lipinski definition) is 5. The van der Waals surface area contributed by atoms with Crippen LogP contribution in [0.4, 0.5) is 0 Å². The number of ether oxygens (including phenoxy) is 1. The van der Waals surface area contributed by atoms with Crippen LogP contribution in [-0.2, 0) is 16.0 Å². The van der Waals surface area contributed by atoms with Gasteiger partial charge in [-0.25, -0.2) is 0 Å². The summed E-state index contributed by atoms with van der Waals surface area (Å²) in [6, 6.07) is 11.3.